The Labute approximate surface area is 99.1 Å². The molecule has 0 aliphatic carbocycles. The van der Waals surface area contributed by atoms with Gasteiger partial charge >= 0.3 is 29.6 Å². The van der Waals surface area contributed by atoms with Crippen LogP contribution in [0, 0.1) is 0 Å². The monoisotopic (exact) mass is 215 g/mol. The van der Waals surface area contributed by atoms with Crippen LogP contribution in [0.3, 0.4) is 0 Å². The Morgan fingerprint density at radius 2 is 2.50 bits per heavy atom. The molecule has 0 bridgehead atoms. The SMILES string of the molecule is COc1cc(CS(=O)[O-])sn1.[Na+]. The van der Waals surface area contributed by atoms with Crippen LogP contribution < -0.4 is 34.3 Å². The van der Waals surface area contributed by atoms with Gasteiger partial charge < -0.3 is 9.29 Å². The molecule has 12 heavy (non-hydrogen) atoms. The van der Waals surface area contributed by atoms with Crippen LogP contribution in [0.25, 0.3) is 0 Å². The Hall–Kier alpha value is 0.540. The van der Waals surface area contributed by atoms with Crippen molar-refractivity contribution in [3.05, 3.63) is 10.9 Å². The average Bonchev–Trinajstić information content (AvgIpc) is 2.34. The molecule has 0 radical (unpaired) electrons. The second kappa shape index (κ2) is 6.06. The maximum atomic E-state index is 10.2. The summed E-state index contributed by atoms with van der Waals surface area (Å²) in [6.45, 7) is 0. The first-order chi connectivity index (χ1) is 5.22. The summed E-state index contributed by atoms with van der Waals surface area (Å²) in [6.07, 6.45) is 0. The minimum absolute atomic E-state index is 0. The summed E-state index contributed by atoms with van der Waals surface area (Å²) in [5.41, 5.74) is 0. The van der Waals surface area contributed by atoms with E-state index in [9.17, 15) is 8.76 Å². The van der Waals surface area contributed by atoms with Crippen LogP contribution in [0.15, 0.2) is 6.07 Å². The number of aromatic nitrogens is 1. The van der Waals surface area contributed by atoms with Crippen LogP contribution in [0.5, 0.6) is 5.88 Å². The number of hydrogen-bond donors (Lipinski definition) is 0. The first-order valence-corrected chi connectivity index (χ1v) is 4.79. The zero-order valence-corrected chi connectivity index (χ0v) is 10.4. The third kappa shape index (κ3) is 3.97. The summed E-state index contributed by atoms with van der Waals surface area (Å²) in [6, 6.07) is 1.61. The molecule has 0 spiro atoms. The van der Waals surface area contributed by atoms with E-state index in [2.05, 4.69) is 4.37 Å². The van der Waals surface area contributed by atoms with E-state index in [4.69, 9.17) is 4.74 Å². The van der Waals surface area contributed by atoms with Gasteiger partial charge in [0.2, 0.25) is 5.88 Å². The molecular weight excluding hydrogens is 209 g/mol. The van der Waals surface area contributed by atoms with E-state index in [0.717, 1.165) is 11.5 Å². The topological polar surface area (TPSA) is 62.2 Å². The van der Waals surface area contributed by atoms with Crippen molar-refractivity contribution in [1.29, 1.82) is 0 Å². The zero-order valence-electron chi connectivity index (χ0n) is 6.77. The molecule has 1 unspecified atom stereocenters. The standard InChI is InChI=1S/C5H7NO3S2.Na/c1-9-5-2-4(10-6-5)3-11(7)8;/h2H,3H2,1H3,(H,7,8);/q;+1/p-1. The third-order valence-corrected chi connectivity index (χ3v) is 2.50. The number of rotatable bonds is 3. The molecule has 1 aromatic rings. The van der Waals surface area contributed by atoms with Gasteiger partial charge in [0.25, 0.3) is 0 Å². The van der Waals surface area contributed by atoms with Gasteiger partial charge in [-0.2, -0.15) is 4.37 Å². The fourth-order valence-corrected chi connectivity index (χ4v) is 1.88. The third-order valence-electron chi connectivity index (χ3n) is 1.01. The summed E-state index contributed by atoms with van der Waals surface area (Å²) in [4.78, 5) is 0.690. The molecule has 1 heterocycles. The van der Waals surface area contributed by atoms with Crippen molar-refractivity contribution in [2.45, 2.75) is 5.75 Å². The van der Waals surface area contributed by atoms with Gasteiger partial charge in [0.1, 0.15) is 0 Å². The predicted octanol–water partition coefficient (Wildman–Crippen LogP) is -2.47. The molecule has 0 saturated heterocycles. The van der Waals surface area contributed by atoms with Crippen molar-refractivity contribution < 1.29 is 43.1 Å². The van der Waals surface area contributed by atoms with Crippen molar-refractivity contribution in [3.8, 4) is 5.88 Å². The van der Waals surface area contributed by atoms with Gasteiger partial charge in [0.05, 0.1) is 7.11 Å². The molecule has 1 rings (SSSR count). The molecule has 0 aromatic carbocycles. The molecule has 0 N–H and O–H groups in total. The Morgan fingerprint density at radius 3 is 2.92 bits per heavy atom. The van der Waals surface area contributed by atoms with Crippen molar-refractivity contribution in [2.24, 2.45) is 0 Å². The van der Waals surface area contributed by atoms with E-state index in [1.54, 1.807) is 6.07 Å². The molecule has 0 saturated carbocycles. The number of methoxy groups -OCH3 is 1. The molecule has 62 valence electrons. The van der Waals surface area contributed by atoms with Gasteiger partial charge in [0.15, 0.2) is 0 Å². The quantitative estimate of drug-likeness (QED) is 0.414. The van der Waals surface area contributed by atoms with Crippen LogP contribution in [0.1, 0.15) is 4.88 Å². The Balaban J connectivity index is 0.00000121. The fraction of sp³-hybridized carbons (Fsp3) is 0.400. The summed E-state index contributed by atoms with van der Waals surface area (Å²) < 4.78 is 29.0. The van der Waals surface area contributed by atoms with Crippen LogP contribution in [0.2, 0.25) is 0 Å². The van der Waals surface area contributed by atoms with Crippen LogP contribution in [-0.4, -0.2) is 20.2 Å². The van der Waals surface area contributed by atoms with Crippen LogP contribution >= 0.6 is 11.5 Å². The predicted molar refractivity (Wildman–Crippen MR) is 41.3 cm³/mol. The minimum atomic E-state index is -2.04. The van der Waals surface area contributed by atoms with E-state index >= 15 is 0 Å². The first kappa shape index (κ1) is 12.5. The normalized spacial score (nSPS) is 11.8. The maximum Gasteiger partial charge on any atom is 1.00 e. The average molecular weight is 215 g/mol. The van der Waals surface area contributed by atoms with E-state index in [1.807, 2.05) is 0 Å². The van der Waals surface area contributed by atoms with Gasteiger partial charge in [-0.15, -0.1) is 0 Å². The summed E-state index contributed by atoms with van der Waals surface area (Å²) in [7, 11) is 1.49. The first-order valence-electron chi connectivity index (χ1n) is 2.78. The summed E-state index contributed by atoms with van der Waals surface area (Å²) in [5.74, 6) is 0.483. The van der Waals surface area contributed by atoms with Crippen LogP contribution in [0.4, 0.5) is 0 Å². The maximum absolute atomic E-state index is 10.2. The molecule has 0 amide bonds. The summed E-state index contributed by atoms with van der Waals surface area (Å²) in [5, 5.41) is 0. The second-order valence-electron chi connectivity index (χ2n) is 1.78. The Morgan fingerprint density at radius 1 is 1.83 bits per heavy atom. The largest absolute Gasteiger partial charge is 1.00 e. The number of ether oxygens (including phenoxy) is 1. The fourth-order valence-electron chi connectivity index (χ4n) is 0.574. The summed E-state index contributed by atoms with van der Waals surface area (Å²) >= 11 is -0.906. The molecule has 0 fully saturated rings. The van der Waals surface area contributed by atoms with Gasteiger partial charge in [-0.25, -0.2) is 0 Å². The van der Waals surface area contributed by atoms with Crippen molar-refractivity contribution in [3.63, 3.8) is 0 Å². The van der Waals surface area contributed by atoms with Crippen molar-refractivity contribution >= 4 is 22.6 Å². The van der Waals surface area contributed by atoms with E-state index < -0.39 is 11.1 Å². The molecule has 1 aromatic heterocycles. The Kier molecular flexibility index (Phi) is 6.34. The number of nitrogens with zero attached hydrogens (tertiary/aromatic N) is 1. The van der Waals surface area contributed by atoms with Gasteiger partial charge in [-0.3, -0.25) is 4.21 Å². The second-order valence-corrected chi connectivity index (χ2v) is 3.57. The molecule has 1 atom stereocenters. The minimum Gasteiger partial charge on any atom is -0.772 e. The zero-order chi connectivity index (χ0) is 8.27. The molecule has 4 nitrogen and oxygen atoms in total. The van der Waals surface area contributed by atoms with E-state index in [-0.39, 0.29) is 35.3 Å². The van der Waals surface area contributed by atoms with E-state index in [1.165, 1.54) is 7.11 Å². The molecular formula is C5H6NNaO3S2. The van der Waals surface area contributed by atoms with Gasteiger partial charge in [-0.05, 0) is 22.6 Å². The van der Waals surface area contributed by atoms with Crippen LogP contribution in [-0.2, 0) is 16.8 Å². The molecule has 0 aliphatic rings. The van der Waals surface area contributed by atoms with Crippen molar-refractivity contribution in [2.75, 3.05) is 7.11 Å². The number of hydrogen-bond acceptors (Lipinski definition) is 5. The Bertz CT molecular complexity index is 265. The van der Waals surface area contributed by atoms with E-state index in [0.29, 0.717) is 10.8 Å². The molecule has 7 heteroatoms. The van der Waals surface area contributed by atoms with Gasteiger partial charge in [-0.1, -0.05) is 0 Å². The van der Waals surface area contributed by atoms with Crippen molar-refractivity contribution in [1.82, 2.24) is 4.37 Å². The van der Waals surface area contributed by atoms with Gasteiger partial charge in [0, 0.05) is 16.7 Å². The smallest absolute Gasteiger partial charge is 0.772 e. The molecule has 0 aliphatic heterocycles.